The number of amides is 1. The average Bonchev–Trinajstić information content (AvgIpc) is 3.11. The number of H-pyrrole nitrogens is 1. The van der Waals surface area contributed by atoms with E-state index in [0.717, 1.165) is 19.3 Å². The summed E-state index contributed by atoms with van der Waals surface area (Å²) in [5.41, 5.74) is 1.39. The molecule has 0 saturated carbocycles. The summed E-state index contributed by atoms with van der Waals surface area (Å²) >= 11 is 0. The van der Waals surface area contributed by atoms with E-state index >= 15 is 0 Å². The molecular formula is C21H22N3O3+. The number of piperidine rings is 1. The summed E-state index contributed by atoms with van der Waals surface area (Å²) in [5.74, 6) is 0.271. The van der Waals surface area contributed by atoms with Crippen LogP contribution in [0, 0.1) is 5.92 Å². The second kappa shape index (κ2) is 7.61. The maximum absolute atomic E-state index is 13.0. The molecule has 0 unspecified atom stereocenters. The van der Waals surface area contributed by atoms with Crippen molar-refractivity contribution in [1.29, 1.82) is 0 Å². The summed E-state index contributed by atoms with van der Waals surface area (Å²) in [4.78, 5) is 26.9. The Morgan fingerprint density at radius 2 is 1.67 bits per heavy atom. The van der Waals surface area contributed by atoms with E-state index in [9.17, 15) is 9.59 Å². The number of rotatable bonds is 4. The molecule has 0 aliphatic carbocycles. The Kier molecular flexibility index (Phi) is 4.87. The predicted molar refractivity (Wildman–Crippen MR) is 99.6 cm³/mol. The summed E-state index contributed by atoms with van der Waals surface area (Å²) in [5, 5.41) is 2.53. The molecule has 2 aromatic carbocycles. The number of nitrogens with one attached hydrogen (secondary N) is 1. The fraction of sp³-hybridized carbons (Fsp3) is 0.286. The van der Waals surface area contributed by atoms with Crippen LogP contribution in [0.25, 0.3) is 5.69 Å². The number of aromatic nitrogens is 2. The molecule has 1 amide bonds. The van der Waals surface area contributed by atoms with Crippen molar-refractivity contribution in [1.82, 2.24) is 10.2 Å². The largest absolute Gasteiger partial charge is 0.441 e. The quantitative estimate of drug-likeness (QED) is 0.723. The molecule has 1 aliphatic heterocycles. The van der Waals surface area contributed by atoms with Gasteiger partial charge in [-0.1, -0.05) is 48.5 Å². The van der Waals surface area contributed by atoms with E-state index in [4.69, 9.17) is 4.52 Å². The second-order valence-electron chi connectivity index (χ2n) is 6.93. The summed E-state index contributed by atoms with van der Waals surface area (Å²) < 4.78 is 6.31. The monoisotopic (exact) mass is 364 g/mol. The second-order valence-corrected chi connectivity index (χ2v) is 6.93. The first-order valence-corrected chi connectivity index (χ1v) is 9.24. The fourth-order valence-corrected chi connectivity index (χ4v) is 3.65. The van der Waals surface area contributed by atoms with Gasteiger partial charge in [0.15, 0.2) is 0 Å². The molecule has 138 valence electrons. The van der Waals surface area contributed by atoms with E-state index in [1.807, 2.05) is 36.4 Å². The summed E-state index contributed by atoms with van der Waals surface area (Å²) in [6, 6.07) is 19.6. The maximum atomic E-state index is 13.0. The van der Waals surface area contributed by atoms with Gasteiger partial charge in [0.25, 0.3) is 0 Å². The normalized spacial score (nSPS) is 15.0. The Morgan fingerprint density at radius 1 is 1.04 bits per heavy atom. The van der Waals surface area contributed by atoms with Crippen molar-refractivity contribution in [3.63, 3.8) is 0 Å². The Hall–Kier alpha value is -3.15. The molecule has 1 fully saturated rings. The number of likely N-dealkylation sites (tertiary alicyclic amines) is 1. The van der Waals surface area contributed by atoms with Crippen molar-refractivity contribution in [2.24, 2.45) is 5.92 Å². The minimum Gasteiger partial charge on any atom is -0.333 e. The lowest BCUT2D eigenvalue weighted by molar-refractivity contribution is -0.672. The molecule has 27 heavy (non-hydrogen) atoms. The van der Waals surface area contributed by atoms with Crippen molar-refractivity contribution in [2.45, 2.75) is 19.3 Å². The van der Waals surface area contributed by atoms with Gasteiger partial charge in [0.05, 0.1) is 0 Å². The number of nitrogens with zero attached hydrogens (tertiary/aromatic N) is 2. The number of aromatic amines is 1. The van der Waals surface area contributed by atoms with Gasteiger partial charge in [-0.15, -0.1) is 0 Å². The minimum atomic E-state index is -0.643. The van der Waals surface area contributed by atoms with Gasteiger partial charge in [-0.05, 0) is 40.7 Å². The number of para-hydroxylation sites is 1. The van der Waals surface area contributed by atoms with Crippen molar-refractivity contribution < 1.29 is 14.0 Å². The Bertz CT molecular complexity index is 955. The van der Waals surface area contributed by atoms with Crippen LogP contribution in [-0.4, -0.2) is 29.2 Å². The highest BCUT2D eigenvalue weighted by Crippen LogP contribution is 2.22. The van der Waals surface area contributed by atoms with Gasteiger partial charge in [-0.2, -0.15) is 0 Å². The van der Waals surface area contributed by atoms with E-state index in [1.165, 1.54) is 10.2 Å². The zero-order valence-electron chi connectivity index (χ0n) is 15.0. The molecule has 4 rings (SSSR count). The standard InChI is InChI=1S/C21H21N3O3/c25-20(19-21(26)27-22-24(19)18-9-5-2-6-10-18)23-13-11-17(12-14-23)15-16-7-3-1-4-8-16/h1-10,17H,11-15H2/p+1. The predicted octanol–water partition coefficient (Wildman–Crippen LogP) is 2.34. The molecule has 2 heterocycles. The van der Waals surface area contributed by atoms with Crippen molar-refractivity contribution in [3.05, 3.63) is 82.3 Å². The molecule has 6 nitrogen and oxygen atoms in total. The molecule has 1 aliphatic rings. The molecule has 0 bridgehead atoms. The van der Waals surface area contributed by atoms with Crippen LogP contribution < -0.4 is 10.3 Å². The molecule has 6 heteroatoms. The minimum absolute atomic E-state index is 0.0164. The van der Waals surface area contributed by atoms with Gasteiger partial charge in [-0.25, -0.2) is 4.79 Å². The van der Waals surface area contributed by atoms with Gasteiger partial charge in [0, 0.05) is 25.2 Å². The summed E-state index contributed by atoms with van der Waals surface area (Å²) in [7, 11) is 0. The van der Waals surface area contributed by atoms with Gasteiger partial charge >= 0.3 is 17.2 Å². The first-order chi connectivity index (χ1) is 13.2. The highest BCUT2D eigenvalue weighted by molar-refractivity contribution is 5.90. The van der Waals surface area contributed by atoms with Gasteiger partial charge < -0.3 is 4.90 Å². The number of benzene rings is 2. The summed E-state index contributed by atoms with van der Waals surface area (Å²) in [6.45, 7) is 1.30. The number of hydrogen-bond donors (Lipinski definition) is 1. The third-order valence-electron chi connectivity index (χ3n) is 5.13. The van der Waals surface area contributed by atoms with E-state index in [0.29, 0.717) is 24.7 Å². The smallest absolute Gasteiger partial charge is 0.333 e. The highest BCUT2D eigenvalue weighted by atomic mass is 16.5. The fourth-order valence-electron chi connectivity index (χ4n) is 3.65. The molecule has 0 radical (unpaired) electrons. The maximum Gasteiger partial charge on any atom is 0.441 e. The van der Waals surface area contributed by atoms with Crippen LogP contribution >= 0.6 is 0 Å². The SMILES string of the molecule is O=C(c1c(=O)o[nH][n+]1-c1ccccc1)N1CCC(Cc2ccccc2)CC1. The Balaban J connectivity index is 1.46. The highest BCUT2D eigenvalue weighted by Gasteiger charge is 2.35. The van der Waals surface area contributed by atoms with Gasteiger partial charge in [0.1, 0.15) is 0 Å². The van der Waals surface area contributed by atoms with Crippen LogP contribution in [0.5, 0.6) is 0 Å². The lowest BCUT2D eigenvalue weighted by atomic mass is 9.90. The van der Waals surface area contributed by atoms with Crippen molar-refractivity contribution in [2.75, 3.05) is 13.1 Å². The van der Waals surface area contributed by atoms with E-state index in [2.05, 4.69) is 29.5 Å². The van der Waals surface area contributed by atoms with E-state index < -0.39 is 5.63 Å². The number of carbonyl (C=O) groups is 1. The first kappa shape index (κ1) is 17.3. The average molecular weight is 364 g/mol. The molecule has 3 aromatic rings. The van der Waals surface area contributed by atoms with Crippen LogP contribution in [0.15, 0.2) is 70.0 Å². The zero-order valence-corrected chi connectivity index (χ0v) is 15.0. The van der Waals surface area contributed by atoms with Crippen LogP contribution in [0.2, 0.25) is 0 Å². The van der Waals surface area contributed by atoms with Crippen molar-refractivity contribution >= 4 is 5.91 Å². The molecule has 0 spiro atoms. The zero-order chi connectivity index (χ0) is 18.6. The topological polar surface area (TPSA) is 70.2 Å². The molecule has 0 atom stereocenters. The van der Waals surface area contributed by atoms with Crippen molar-refractivity contribution in [3.8, 4) is 5.69 Å². The van der Waals surface area contributed by atoms with Gasteiger partial charge in [-0.3, -0.25) is 9.32 Å². The third-order valence-corrected chi connectivity index (χ3v) is 5.13. The number of hydrogen-bond acceptors (Lipinski definition) is 3. The summed E-state index contributed by atoms with van der Waals surface area (Å²) in [6.07, 6.45) is 2.89. The first-order valence-electron chi connectivity index (χ1n) is 9.24. The molecule has 1 N–H and O–H groups in total. The number of carbonyl (C=O) groups excluding carboxylic acids is 1. The lowest BCUT2D eigenvalue weighted by Crippen LogP contribution is -2.48. The molecule has 1 aromatic heterocycles. The van der Waals surface area contributed by atoms with Crippen LogP contribution in [0.4, 0.5) is 0 Å². The Labute approximate surface area is 157 Å². The molecule has 1 saturated heterocycles. The van der Waals surface area contributed by atoms with E-state index in [1.54, 1.807) is 4.90 Å². The molecular weight excluding hydrogens is 342 g/mol. The lowest BCUT2D eigenvalue weighted by Gasteiger charge is -2.30. The van der Waals surface area contributed by atoms with Gasteiger partial charge in [0.2, 0.25) is 5.69 Å². The third kappa shape index (κ3) is 3.69. The van der Waals surface area contributed by atoms with Crippen LogP contribution in [0.3, 0.4) is 0 Å². The Morgan fingerprint density at radius 3 is 2.33 bits per heavy atom. The van der Waals surface area contributed by atoms with Crippen LogP contribution in [-0.2, 0) is 6.42 Å². The van der Waals surface area contributed by atoms with Crippen LogP contribution in [0.1, 0.15) is 28.9 Å². The van der Waals surface area contributed by atoms with E-state index in [-0.39, 0.29) is 11.6 Å².